The van der Waals surface area contributed by atoms with Gasteiger partial charge >= 0.3 is 0 Å². The highest BCUT2D eigenvalue weighted by Gasteiger charge is 2.51. The summed E-state index contributed by atoms with van der Waals surface area (Å²) in [5.74, 6) is 1.67. The predicted molar refractivity (Wildman–Crippen MR) is 77.4 cm³/mol. The van der Waals surface area contributed by atoms with E-state index >= 15 is 0 Å². The molecule has 1 fully saturated rings. The van der Waals surface area contributed by atoms with Gasteiger partial charge in [0.15, 0.2) is 5.78 Å². The van der Waals surface area contributed by atoms with Gasteiger partial charge in [-0.2, -0.15) is 11.8 Å². The lowest BCUT2D eigenvalue weighted by Gasteiger charge is -2.43. The molecule has 0 saturated carbocycles. The van der Waals surface area contributed by atoms with Gasteiger partial charge in [0.1, 0.15) is 23.2 Å². The molecule has 1 aliphatic carbocycles. The molecule has 0 amide bonds. The number of rotatable bonds is 2. The number of allylic oxidation sites excluding steroid dienone is 1. The van der Waals surface area contributed by atoms with Gasteiger partial charge in [0.05, 0.1) is 16.3 Å². The monoisotopic (exact) mass is 318 g/mol. The third-order valence-corrected chi connectivity index (χ3v) is 6.34. The highest BCUT2D eigenvalue weighted by molar-refractivity contribution is 8.05. The van der Waals surface area contributed by atoms with Crippen molar-refractivity contribution in [3.8, 4) is 0 Å². The van der Waals surface area contributed by atoms with Crippen LogP contribution in [0.25, 0.3) is 0 Å². The van der Waals surface area contributed by atoms with E-state index < -0.39 is 29.9 Å². The van der Waals surface area contributed by atoms with Gasteiger partial charge in [0.25, 0.3) is 0 Å². The van der Waals surface area contributed by atoms with E-state index in [1.807, 2.05) is 6.92 Å². The zero-order valence-corrected chi connectivity index (χ0v) is 12.9. The maximum Gasteiger partial charge on any atom is 0.214 e. The number of ether oxygens (including phenoxy) is 2. The molecule has 20 heavy (non-hydrogen) atoms. The van der Waals surface area contributed by atoms with Crippen molar-refractivity contribution in [1.29, 1.82) is 0 Å². The van der Waals surface area contributed by atoms with E-state index in [0.29, 0.717) is 17.1 Å². The van der Waals surface area contributed by atoms with E-state index in [0.717, 1.165) is 5.75 Å². The molecule has 7 heteroatoms. The number of hydrogen-bond acceptors (Lipinski definition) is 7. The number of Topliss-reactive ketones (excluding diaryl/α,β-unsaturated/α-hetero) is 1. The summed E-state index contributed by atoms with van der Waals surface area (Å²) in [6, 6.07) is 0. The molecule has 0 aromatic heterocycles. The average molecular weight is 318 g/mol. The molecular weight excluding hydrogens is 300 g/mol. The highest BCUT2D eigenvalue weighted by Crippen LogP contribution is 2.48. The van der Waals surface area contributed by atoms with Crippen molar-refractivity contribution in [1.82, 2.24) is 0 Å². The largest absolute Gasteiger partial charge is 0.465 e. The number of aliphatic hydroxyl groups is 2. The van der Waals surface area contributed by atoms with Crippen molar-refractivity contribution in [2.45, 2.75) is 55.4 Å². The summed E-state index contributed by atoms with van der Waals surface area (Å²) in [7, 11) is 0. The first-order chi connectivity index (χ1) is 9.52. The highest BCUT2D eigenvalue weighted by atomic mass is 32.2. The van der Waals surface area contributed by atoms with Crippen LogP contribution in [0.5, 0.6) is 0 Å². The first-order valence-corrected chi connectivity index (χ1v) is 8.69. The lowest BCUT2D eigenvalue weighted by Crippen LogP contribution is -2.57. The number of thioether (sulfide) groups is 2. The van der Waals surface area contributed by atoms with E-state index in [1.54, 1.807) is 18.7 Å². The molecule has 3 aliphatic rings. The van der Waals surface area contributed by atoms with Crippen LogP contribution in [0.2, 0.25) is 0 Å². The molecule has 0 radical (unpaired) electrons. The molecule has 3 rings (SSSR count). The van der Waals surface area contributed by atoms with Crippen LogP contribution in [-0.4, -0.2) is 56.9 Å². The third-order valence-electron chi connectivity index (χ3n) is 3.79. The number of carbonyl (C=O) groups excluding carboxylic acids is 1. The topological polar surface area (TPSA) is 76.0 Å². The van der Waals surface area contributed by atoms with E-state index in [2.05, 4.69) is 0 Å². The fourth-order valence-corrected chi connectivity index (χ4v) is 5.11. The smallest absolute Gasteiger partial charge is 0.214 e. The standard InChI is InChI=1S/C13H18O5S2/c1-3-19-7-4-6(14)11-10(7)18-13-12(20-11)9(16)8(15)5(2)17-13/h5,7-9,12-13,15-16H,3-4H2,1-2H3. The zero-order chi connectivity index (χ0) is 14.4. The minimum atomic E-state index is -0.952. The van der Waals surface area contributed by atoms with Crippen molar-refractivity contribution in [3.05, 3.63) is 10.7 Å². The fourth-order valence-electron chi connectivity index (χ4n) is 2.71. The molecule has 2 aliphatic heterocycles. The fraction of sp³-hybridized carbons (Fsp3) is 0.769. The van der Waals surface area contributed by atoms with Gasteiger partial charge in [0.2, 0.25) is 6.29 Å². The van der Waals surface area contributed by atoms with E-state index in [1.165, 1.54) is 11.8 Å². The Kier molecular flexibility index (Phi) is 4.07. The molecule has 6 unspecified atom stereocenters. The Morgan fingerprint density at radius 3 is 2.85 bits per heavy atom. The summed E-state index contributed by atoms with van der Waals surface area (Å²) in [6.07, 6.45) is -2.54. The summed E-state index contributed by atoms with van der Waals surface area (Å²) in [4.78, 5) is 12.7. The Labute approximate surface area is 126 Å². The second-order valence-electron chi connectivity index (χ2n) is 5.16. The summed E-state index contributed by atoms with van der Waals surface area (Å²) >= 11 is 2.98. The van der Waals surface area contributed by atoms with Gasteiger partial charge in [-0.05, 0) is 12.7 Å². The quantitative estimate of drug-likeness (QED) is 0.783. The molecule has 6 atom stereocenters. The Morgan fingerprint density at radius 1 is 1.40 bits per heavy atom. The summed E-state index contributed by atoms with van der Waals surface area (Å²) in [6.45, 7) is 3.76. The predicted octanol–water partition coefficient (Wildman–Crippen LogP) is 0.891. The lowest BCUT2D eigenvalue weighted by molar-refractivity contribution is -0.230. The van der Waals surface area contributed by atoms with Crippen molar-refractivity contribution < 1.29 is 24.5 Å². The molecule has 0 aromatic rings. The number of carbonyl (C=O) groups is 1. The Hall–Kier alpha value is -0.210. The Morgan fingerprint density at radius 2 is 2.15 bits per heavy atom. The van der Waals surface area contributed by atoms with Crippen molar-refractivity contribution >= 4 is 29.3 Å². The lowest BCUT2D eigenvalue weighted by atomic mass is 10.0. The second kappa shape index (κ2) is 5.53. The Bertz CT molecular complexity index is 452. The molecule has 0 spiro atoms. The van der Waals surface area contributed by atoms with Gasteiger partial charge in [0, 0.05) is 6.42 Å². The molecule has 5 nitrogen and oxygen atoms in total. The molecular formula is C13H18O5S2. The third kappa shape index (κ3) is 2.29. The van der Waals surface area contributed by atoms with Crippen LogP contribution < -0.4 is 0 Å². The molecule has 2 heterocycles. The van der Waals surface area contributed by atoms with Crippen molar-refractivity contribution in [3.63, 3.8) is 0 Å². The van der Waals surface area contributed by atoms with Crippen LogP contribution in [0, 0.1) is 0 Å². The van der Waals surface area contributed by atoms with Crippen LogP contribution in [0.4, 0.5) is 0 Å². The molecule has 1 saturated heterocycles. The van der Waals surface area contributed by atoms with Crippen molar-refractivity contribution in [2.75, 3.05) is 5.75 Å². The SMILES string of the molecule is CCSC1CC(=O)C2=C1OC1OC(C)C(O)C(O)C1S2. The van der Waals surface area contributed by atoms with Crippen LogP contribution in [0.15, 0.2) is 10.7 Å². The van der Waals surface area contributed by atoms with Crippen LogP contribution >= 0.6 is 23.5 Å². The van der Waals surface area contributed by atoms with E-state index in [-0.39, 0.29) is 11.0 Å². The summed E-state index contributed by atoms with van der Waals surface area (Å²) < 4.78 is 11.5. The summed E-state index contributed by atoms with van der Waals surface area (Å²) in [5.41, 5.74) is 0. The van der Waals surface area contributed by atoms with Crippen LogP contribution in [0.3, 0.4) is 0 Å². The molecule has 112 valence electrons. The van der Waals surface area contributed by atoms with Gasteiger partial charge in [-0.3, -0.25) is 4.79 Å². The number of ketones is 1. The average Bonchev–Trinajstić information content (AvgIpc) is 2.72. The first-order valence-electron chi connectivity index (χ1n) is 6.76. The van der Waals surface area contributed by atoms with Crippen molar-refractivity contribution in [2.24, 2.45) is 0 Å². The Balaban J connectivity index is 1.86. The summed E-state index contributed by atoms with van der Waals surface area (Å²) in [5, 5.41) is 19.6. The zero-order valence-electron chi connectivity index (χ0n) is 11.3. The molecule has 0 bridgehead atoms. The van der Waals surface area contributed by atoms with E-state index in [4.69, 9.17) is 9.47 Å². The normalized spacial score (nSPS) is 44.1. The van der Waals surface area contributed by atoms with Gasteiger partial charge in [-0.15, -0.1) is 11.8 Å². The number of hydrogen-bond donors (Lipinski definition) is 2. The maximum atomic E-state index is 12.1. The van der Waals surface area contributed by atoms with Crippen LogP contribution in [0.1, 0.15) is 20.3 Å². The molecule has 2 N–H and O–H groups in total. The van der Waals surface area contributed by atoms with Gasteiger partial charge in [-0.1, -0.05) is 6.92 Å². The second-order valence-corrected chi connectivity index (χ2v) is 7.82. The van der Waals surface area contributed by atoms with Crippen LogP contribution in [-0.2, 0) is 14.3 Å². The minimum Gasteiger partial charge on any atom is -0.465 e. The number of fused-ring (bicyclic) bond motifs is 1. The maximum absolute atomic E-state index is 12.1. The van der Waals surface area contributed by atoms with E-state index in [9.17, 15) is 15.0 Å². The number of aliphatic hydroxyl groups excluding tert-OH is 2. The first kappa shape index (κ1) is 14.7. The van der Waals surface area contributed by atoms with Gasteiger partial charge in [-0.25, -0.2) is 0 Å². The van der Waals surface area contributed by atoms with Gasteiger partial charge < -0.3 is 19.7 Å². The minimum absolute atomic E-state index is 0.0545. The molecule has 0 aromatic carbocycles.